The third-order valence-corrected chi connectivity index (χ3v) is 6.49. The van der Waals surface area contributed by atoms with Gasteiger partial charge in [-0.2, -0.15) is 0 Å². The average Bonchev–Trinajstić information content (AvgIpc) is 3.55. The highest BCUT2D eigenvalue weighted by Crippen LogP contribution is 2.34. The first kappa shape index (κ1) is 19.3. The van der Waals surface area contributed by atoms with Crippen LogP contribution in [-0.2, 0) is 4.79 Å². The van der Waals surface area contributed by atoms with Crippen LogP contribution in [0.2, 0.25) is 0 Å². The lowest BCUT2D eigenvalue weighted by molar-refractivity contribution is -0.117. The summed E-state index contributed by atoms with van der Waals surface area (Å²) in [6.07, 6.45) is 9.40. The second kappa shape index (κ2) is 7.93. The maximum Gasteiger partial charge on any atom is 0.231 e. The number of furan rings is 1. The van der Waals surface area contributed by atoms with Crippen molar-refractivity contribution in [1.29, 1.82) is 0 Å². The van der Waals surface area contributed by atoms with E-state index in [9.17, 15) is 4.79 Å². The van der Waals surface area contributed by atoms with E-state index in [-0.39, 0.29) is 5.92 Å². The molecular formula is C24H25N5O3. The van der Waals surface area contributed by atoms with Crippen molar-refractivity contribution in [3.05, 3.63) is 36.7 Å². The molecule has 0 spiro atoms. The van der Waals surface area contributed by atoms with Crippen LogP contribution in [0.25, 0.3) is 28.1 Å². The van der Waals surface area contributed by atoms with Gasteiger partial charge in [-0.3, -0.25) is 4.79 Å². The minimum absolute atomic E-state index is 0.276. The van der Waals surface area contributed by atoms with Crippen LogP contribution in [0.5, 0.6) is 5.88 Å². The van der Waals surface area contributed by atoms with Crippen molar-refractivity contribution in [2.45, 2.75) is 38.5 Å². The molecule has 2 aliphatic rings. The van der Waals surface area contributed by atoms with Crippen molar-refractivity contribution < 1.29 is 13.9 Å². The lowest BCUT2D eigenvalue weighted by atomic mass is 10.1. The van der Waals surface area contributed by atoms with Gasteiger partial charge in [0.1, 0.15) is 22.9 Å². The van der Waals surface area contributed by atoms with E-state index in [1.807, 2.05) is 30.5 Å². The van der Waals surface area contributed by atoms with Crippen molar-refractivity contribution in [2.24, 2.45) is 5.92 Å². The van der Waals surface area contributed by atoms with Gasteiger partial charge in [-0.15, -0.1) is 5.10 Å². The number of aromatic nitrogens is 4. The molecule has 0 aromatic carbocycles. The number of fused-ring (bicyclic) bond motifs is 2. The Kier molecular flexibility index (Phi) is 4.78. The molecule has 0 bridgehead atoms. The highest BCUT2D eigenvalue weighted by Gasteiger charge is 2.23. The van der Waals surface area contributed by atoms with Gasteiger partial charge in [0.25, 0.3) is 0 Å². The van der Waals surface area contributed by atoms with Crippen LogP contribution in [0.4, 0.5) is 5.82 Å². The van der Waals surface area contributed by atoms with Gasteiger partial charge >= 0.3 is 0 Å². The first-order valence-corrected chi connectivity index (χ1v) is 11.4. The number of piperidine rings is 1. The van der Waals surface area contributed by atoms with Crippen molar-refractivity contribution in [1.82, 2.24) is 19.6 Å². The molecule has 1 aliphatic heterocycles. The van der Waals surface area contributed by atoms with Gasteiger partial charge < -0.3 is 14.1 Å². The highest BCUT2D eigenvalue weighted by molar-refractivity contribution is 5.92. The Labute approximate surface area is 185 Å². The van der Waals surface area contributed by atoms with Crippen LogP contribution in [0, 0.1) is 5.92 Å². The predicted octanol–water partition coefficient (Wildman–Crippen LogP) is 4.28. The van der Waals surface area contributed by atoms with Crippen LogP contribution >= 0.6 is 0 Å². The lowest BCUT2D eigenvalue weighted by Gasteiger charge is -2.27. The number of Topliss-reactive ketones (excluding diaryl/α,β-unsaturated/α-hetero) is 1. The summed E-state index contributed by atoms with van der Waals surface area (Å²) < 4.78 is 13.9. The Balaban J connectivity index is 1.32. The summed E-state index contributed by atoms with van der Waals surface area (Å²) in [5, 5.41) is 5.65. The molecule has 6 rings (SSSR count). The summed E-state index contributed by atoms with van der Waals surface area (Å²) in [6, 6.07) is 7.64. The second-order valence-electron chi connectivity index (χ2n) is 8.75. The molecule has 8 heteroatoms. The summed E-state index contributed by atoms with van der Waals surface area (Å²) in [5.41, 5.74) is 2.30. The molecule has 32 heavy (non-hydrogen) atoms. The fraction of sp³-hybridized carbons (Fsp3) is 0.417. The van der Waals surface area contributed by atoms with Crippen molar-refractivity contribution in [3.63, 3.8) is 0 Å². The molecule has 4 aromatic rings. The standard InChI is InChI=1S/C24H25N5O3/c30-17-5-4-16(12-17)15-31-23-7-6-22-26-14-19(29(22)27-23)21-13-18-20(32-21)8-9-25-24(18)28-10-2-1-3-11-28/h6-9,13-14,16H,1-5,10-12,15H2/t16-/m0/s1. The molecule has 1 saturated heterocycles. The molecular weight excluding hydrogens is 406 g/mol. The maximum atomic E-state index is 11.5. The molecule has 4 aromatic heterocycles. The van der Waals surface area contributed by atoms with Gasteiger partial charge in [0, 0.05) is 44.1 Å². The Hall–Kier alpha value is -3.42. The highest BCUT2D eigenvalue weighted by atomic mass is 16.5. The number of hydrogen-bond donors (Lipinski definition) is 0. The lowest BCUT2D eigenvalue weighted by Crippen LogP contribution is -2.30. The monoisotopic (exact) mass is 431 g/mol. The molecule has 1 aliphatic carbocycles. The zero-order valence-corrected chi connectivity index (χ0v) is 17.9. The normalized spacial score (nSPS) is 19.3. The number of carbonyl (C=O) groups excluding carboxylic acids is 1. The molecule has 0 N–H and O–H groups in total. The van der Waals surface area contributed by atoms with E-state index in [1.54, 1.807) is 10.7 Å². The summed E-state index contributed by atoms with van der Waals surface area (Å²) in [7, 11) is 0. The smallest absolute Gasteiger partial charge is 0.231 e. The number of pyridine rings is 1. The molecule has 1 saturated carbocycles. The number of hydrogen-bond acceptors (Lipinski definition) is 7. The van der Waals surface area contributed by atoms with E-state index >= 15 is 0 Å². The quantitative estimate of drug-likeness (QED) is 0.466. The zero-order chi connectivity index (χ0) is 21.5. The van der Waals surface area contributed by atoms with Crippen molar-refractivity contribution in [2.75, 3.05) is 24.6 Å². The Morgan fingerprint density at radius 3 is 2.88 bits per heavy atom. The molecule has 5 heterocycles. The predicted molar refractivity (Wildman–Crippen MR) is 120 cm³/mol. The van der Waals surface area contributed by atoms with Gasteiger partial charge in [0.2, 0.25) is 5.88 Å². The SMILES string of the molecule is O=C1CC[C@H](COc2ccc3ncc(-c4cc5c(N6CCCCC6)nccc5o4)n3n2)C1. The van der Waals surface area contributed by atoms with E-state index in [1.165, 1.54) is 19.3 Å². The number of anilines is 1. The number of carbonyl (C=O) groups is 1. The van der Waals surface area contributed by atoms with Crippen molar-refractivity contribution >= 4 is 28.2 Å². The Morgan fingerprint density at radius 2 is 2.03 bits per heavy atom. The van der Waals surface area contributed by atoms with E-state index < -0.39 is 0 Å². The maximum absolute atomic E-state index is 11.5. The van der Waals surface area contributed by atoms with Gasteiger partial charge in [-0.25, -0.2) is 14.5 Å². The van der Waals surface area contributed by atoms with Gasteiger partial charge in [0.05, 0.1) is 18.2 Å². The zero-order valence-electron chi connectivity index (χ0n) is 17.9. The largest absolute Gasteiger partial charge is 0.476 e. The number of ether oxygens (including phenoxy) is 1. The Bertz CT molecular complexity index is 1290. The molecule has 1 atom stereocenters. The van der Waals surface area contributed by atoms with Crippen LogP contribution < -0.4 is 9.64 Å². The van der Waals surface area contributed by atoms with Crippen molar-refractivity contribution in [3.8, 4) is 17.3 Å². The number of imidazole rings is 1. The van der Waals surface area contributed by atoms with E-state index in [0.717, 1.165) is 47.6 Å². The van der Waals surface area contributed by atoms with Crippen LogP contribution in [0.3, 0.4) is 0 Å². The molecule has 0 unspecified atom stereocenters. The minimum Gasteiger partial charge on any atom is -0.476 e. The summed E-state index contributed by atoms with van der Waals surface area (Å²) in [4.78, 5) is 23.0. The van der Waals surface area contributed by atoms with E-state index in [2.05, 4.69) is 20.0 Å². The second-order valence-corrected chi connectivity index (χ2v) is 8.75. The topological polar surface area (TPSA) is 85.8 Å². The molecule has 0 amide bonds. The Morgan fingerprint density at radius 1 is 1.12 bits per heavy atom. The molecule has 0 radical (unpaired) electrons. The summed E-state index contributed by atoms with van der Waals surface area (Å²) in [5.74, 6) is 2.79. The number of rotatable bonds is 5. The van der Waals surface area contributed by atoms with E-state index in [4.69, 9.17) is 9.15 Å². The van der Waals surface area contributed by atoms with Crippen LogP contribution in [0.1, 0.15) is 38.5 Å². The van der Waals surface area contributed by atoms with E-state index in [0.29, 0.717) is 36.9 Å². The molecule has 8 nitrogen and oxygen atoms in total. The third kappa shape index (κ3) is 3.49. The number of nitrogens with zero attached hydrogens (tertiary/aromatic N) is 5. The fourth-order valence-electron chi connectivity index (χ4n) is 4.77. The molecule has 164 valence electrons. The average molecular weight is 431 g/mol. The molecule has 2 fully saturated rings. The fourth-order valence-corrected chi connectivity index (χ4v) is 4.77. The van der Waals surface area contributed by atoms with Gasteiger partial charge in [-0.05, 0) is 43.9 Å². The van der Waals surface area contributed by atoms with Gasteiger partial charge in [-0.1, -0.05) is 0 Å². The first-order valence-electron chi connectivity index (χ1n) is 11.4. The van der Waals surface area contributed by atoms with Crippen LogP contribution in [0.15, 0.2) is 41.1 Å². The first-order chi connectivity index (χ1) is 15.7. The van der Waals surface area contributed by atoms with Gasteiger partial charge in [0.15, 0.2) is 11.4 Å². The minimum atomic E-state index is 0.276. The summed E-state index contributed by atoms with van der Waals surface area (Å²) >= 11 is 0. The summed E-state index contributed by atoms with van der Waals surface area (Å²) in [6.45, 7) is 2.55. The third-order valence-electron chi connectivity index (χ3n) is 6.49. The number of ketones is 1. The van der Waals surface area contributed by atoms with Crippen LogP contribution in [-0.4, -0.2) is 45.1 Å².